The van der Waals surface area contributed by atoms with Crippen molar-refractivity contribution in [1.82, 2.24) is 0 Å². The lowest BCUT2D eigenvalue weighted by Gasteiger charge is -2.14. The van der Waals surface area contributed by atoms with Crippen LogP contribution in [0.3, 0.4) is 0 Å². The van der Waals surface area contributed by atoms with Crippen molar-refractivity contribution in [2.24, 2.45) is 0 Å². The first kappa shape index (κ1) is 12.9. The van der Waals surface area contributed by atoms with Crippen LogP contribution < -0.4 is 0 Å². The molecule has 0 rings (SSSR count). The van der Waals surface area contributed by atoms with Crippen LogP contribution in [0.1, 0.15) is 0 Å². The fourth-order valence-corrected chi connectivity index (χ4v) is 0. The van der Waals surface area contributed by atoms with Crippen LogP contribution in [-0.2, 0) is 20.2 Å². The molecule has 0 aromatic heterocycles. The normalized spacial score (nSPS) is 11.8. The molecule has 0 aliphatic carbocycles. The Morgan fingerprint density at radius 3 is 1.20 bits per heavy atom. The van der Waals surface area contributed by atoms with Crippen molar-refractivity contribution in [2.75, 3.05) is 28.2 Å². The van der Waals surface area contributed by atoms with Crippen molar-refractivity contribution in [3.8, 4) is 0 Å². The monoisotopic (exact) mass is 188 g/mol. The lowest BCUT2D eigenvalue weighted by atomic mass is 10.8. The van der Waals surface area contributed by atoms with Gasteiger partial charge in [0.2, 0.25) is 0 Å². The molecule has 0 atom stereocenters. The predicted molar refractivity (Wildman–Crippen MR) is 44.7 cm³/mol. The average Bonchev–Trinajstić information content (AvgIpc) is 1.12. The second-order valence-corrected chi connectivity index (χ2v) is 5.33. The van der Waals surface area contributed by atoms with Gasteiger partial charge in [-0.3, -0.25) is 9.11 Å². The number of rotatable bonds is 0. The van der Waals surface area contributed by atoms with Gasteiger partial charge in [-0.15, -0.1) is 0 Å². The molecule has 0 spiro atoms. The molecule has 0 aromatic rings. The smallest absolute Gasteiger partial charge is 0.263 e. The third-order valence-corrected chi connectivity index (χ3v) is 0. The van der Waals surface area contributed by atoms with Crippen LogP contribution in [0.2, 0.25) is 0 Å². The van der Waals surface area contributed by atoms with Crippen LogP contribution in [-0.4, -0.2) is 46.0 Å². The quantitative estimate of drug-likeness (QED) is 0.525. The van der Waals surface area contributed by atoms with E-state index in [1.54, 1.807) is 0 Å². The van der Waals surface area contributed by atoms with E-state index in [9.17, 15) is 0 Å². The van der Waals surface area contributed by atoms with Crippen LogP contribution in [0.15, 0.2) is 0 Å². The van der Waals surface area contributed by atoms with Gasteiger partial charge >= 0.3 is 0 Å². The van der Waals surface area contributed by atoms with Crippen molar-refractivity contribution in [3.05, 3.63) is 0 Å². The topological polar surface area (TPSA) is 57.5 Å². The molecule has 0 saturated carbocycles. The summed E-state index contributed by atoms with van der Waals surface area (Å²) < 4.78 is 25.0. The Bertz CT molecular complexity index is 153. The summed E-state index contributed by atoms with van der Waals surface area (Å²) in [5, 5.41) is 0. The van der Waals surface area contributed by atoms with Gasteiger partial charge in [0.25, 0.3) is 9.05 Å². The molecule has 0 radical (unpaired) electrons. The zero-order chi connectivity index (χ0) is 9.00. The largest absolute Gasteiger partial charge is 0.333 e. The first-order chi connectivity index (χ1) is 4.00. The van der Waals surface area contributed by atoms with Gasteiger partial charge in [0.05, 0.1) is 28.2 Å². The van der Waals surface area contributed by atoms with Gasteiger partial charge in [-0.05, 0) is 0 Å². The molecular weight excluding hydrogens is 174 g/mol. The standard InChI is InChI=1S/C4H12N.H2O3S2/c2*1-5(2,3)4/h1-4H3;(H2,1,2,3,4)/q+1;. The molecule has 6 heteroatoms. The molecule has 0 unspecified atom stereocenters. The molecule has 4 nitrogen and oxygen atoms in total. The minimum atomic E-state index is -3.83. The highest BCUT2D eigenvalue weighted by atomic mass is 32.9. The number of hydrogen-bond donors (Lipinski definition) is 2. The maximum Gasteiger partial charge on any atom is 0.263 e. The third-order valence-electron chi connectivity index (χ3n) is 0. The van der Waals surface area contributed by atoms with E-state index in [1.807, 2.05) is 0 Å². The van der Waals surface area contributed by atoms with Crippen molar-refractivity contribution < 1.29 is 17.8 Å². The number of quaternary nitrogens is 1. The van der Waals surface area contributed by atoms with Gasteiger partial charge in [-0.1, -0.05) is 0 Å². The molecule has 64 valence electrons. The van der Waals surface area contributed by atoms with E-state index < -0.39 is 9.05 Å². The highest BCUT2D eigenvalue weighted by Crippen LogP contribution is 1.73. The Labute approximate surface area is 66.8 Å². The van der Waals surface area contributed by atoms with Gasteiger partial charge in [0, 0.05) is 11.2 Å². The highest BCUT2D eigenvalue weighted by Gasteiger charge is 1.88. The Kier molecular flexibility index (Phi) is 5.41. The van der Waals surface area contributed by atoms with Crippen LogP contribution >= 0.6 is 0 Å². The van der Waals surface area contributed by atoms with Gasteiger partial charge in [-0.25, -0.2) is 0 Å². The Morgan fingerprint density at radius 1 is 1.20 bits per heavy atom. The maximum absolute atomic E-state index is 9.11. The van der Waals surface area contributed by atoms with Crippen molar-refractivity contribution in [1.29, 1.82) is 0 Å². The van der Waals surface area contributed by atoms with Crippen LogP contribution in [0.25, 0.3) is 0 Å². The minimum Gasteiger partial charge on any atom is -0.333 e. The average molecular weight is 188 g/mol. The van der Waals surface area contributed by atoms with E-state index in [4.69, 9.17) is 13.3 Å². The van der Waals surface area contributed by atoms with Gasteiger partial charge in [0.15, 0.2) is 0 Å². The van der Waals surface area contributed by atoms with E-state index >= 15 is 0 Å². The van der Waals surface area contributed by atoms with Crippen molar-refractivity contribution >= 4 is 20.2 Å². The zero-order valence-corrected chi connectivity index (χ0v) is 8.20. The molecule has 10 heavy (non-hydrogen) atoms. The molecule has 2 N–H and O–H groups in total. The number of nitrogens with zero attached hydrogens (tertiary/aromatic N) is 1. The summed E-state index contributed by atoms with van der Waals surface area (Å²) in [5.74, 6) is 0. The lowest BCUT2D eigenvalue weighted by Crippen LogP contribution is -2.27. The Morgan fingerprint density at radius 2 is 1.20 bits per heavy atom. The van der Waals surface area contributed by atoms with Crippen molar-refractivity contribution in [3.63, 3.8) is 0 Å². The number of hydrogen-bond acceptors (Lipinski definition) is 2. The molecule has 0 amide bonds. The molecule has 0 bridgehead atoms. The van der Waals surface area contributed by atoms with Crippen LogP contribution in [0, 0.1) is 0 Å². The van der Waals surface area contributed by atoms with E-state index in [0.717, 1.165) is 4.48 Å². The van der Waals surface area contributed by atoms with E-state index in [-0.39, 0.29) is 0 Å². The molecule has 0 fully saturated rings. The summed E-state index contributed by atoms with van der Waals surface area (Å²) >= 11 is 3.47. The van der Waals surface area contributed by atoms with Gasteiger partial charge in [-0.2, -0.15) is 4.21 Å². The fraction of sp³-hybridized carbons (Fsp3) is 1.00. The summed E-state index contributed by atoms with van der Waals surface area (Å²) in [6.45, 7) is 0. The second-order valence-electron chi connectivity index (χ2n) is 3.13. The molecule has 0 saturated heterocycles. The summed E-state index contributed by atoms with van der Waals surface area (Å²) in [7, 11) is 4.67. The summed E-state index contributed by atoms with van der Waals surface area (Å²) in [5.41, 5.74) is 0. The predicted octanol–water partition coefficient (Wildman–Crippen LogP) is 0.00110. The van der Waals surface area contributed by atoms with E-state index in [0.29, 0.717) is 0 Å². The summed E-state index contributed by atoms with van der Waals surface area (Å²) in [6.07, 6.45) is 0. The summed E-state index contributed by atoms with van der Waals surface area (Å²) in [6, 6.07) is 0. The SMILES string of the molecule is C[N+](C)(C)C.O=S(O)(O)=S. The lowest BCUT2D eigenvalue weighted by molar-refractivity contribution is -0.849. The van der Waals surface area contributed by atoms with Crippen LogP contribution in [0.5, 0.6) is 0 Å². The van der Waals surface area contributed by atoms with E-state index in [1.165, 1.54) is 0 Å². The Hall–Kier alpha value is 0.250. The van der Waals surface area contributed by atoms with Crippen LogP contribution in [0.4, 0.5) is 0 Å². The maximum atomic E-state index is 9.11. The van der Waals surface area contributed by atoms with Crippen molar-refractivity contribution in [2.45, 2.75) is 0 Å². The molecule has 0 aromatic carbocycles. The first-order valence-corrected chi connectivity index (χ1v) is 4.88. The van der Waals surface area contributed by atoms with Gasteiger partial charge < -0.3 is 4.48 Å². The Balaban J connectivity index is 0. The minimum absolute atomic E-state index is 1.00. The van der Waals surface area contributed by atoms with Gasteiger partial charge in [0.1, 0.15) is 0 Å². The van der Waals surface area contributed by atoms with E-state index in [2.05, 4.69) is 39.4 Å². The third kappa shape index (κ3) is 6940. The summed E-state index contributed by atoms with van der Waals surface area (Å²) in [4.78, 5) is 0. The molecule has 0 aliphatic rings. The molecule has 0 heterocycles. The molecular formula is C4H14NO3S2+. The molecule has 0 aliphatic heterocycles. The first-order valence-electron chi connectivity index (χ1n) is 2.49. The zero-order valence-electron chi connectivity index (χ0n) is 6.57. The second kappa shape index (κ2) is 4.20. The highest BCUT2D eigenvalue weighted by molar-refractivity contribution is 8.26. The fourth-order valence-electron chi connectivity index (χ4n) is 0.